The highest BCUT2D eigenvalue weighted by Gasteiger charge is 2.08. The van der Waals surface area contributed by atoms with E-state index in [-0.39, 0.29) is 13.2 Å². The van der Waals surface area contributed by atoms with Crippen LogP contribution in [0.3, 0.4) is 0 Å². The van der Waals surface area contributed by atoms with Crippen molar-refractivity contribution in [3.05, 3.63) is 71.8 Å². The Kier molecular flexibility index (Phi) is 3.79. The lowest BCUT2D eigenvalue weighted by molar-refractivity contribution is 0.260. The molecule has 0 aliphatic carbocycles. The zero-order chi connectivity index (χ0) is 14.7. The van der Waals surface area contributed by atoms with Gasteiger partial charge in [0.1, 0.15) is 18.2 Å². The lowest BCUT2D eigenvalue weighted by Gasteiger charge is -2.12. The molecular weight excluding hydrogens is 269 g/mol. The molecule has 0 saturated heterocycles. The molecule has 0 atom stereocenters. The van der Waals surface area contributed by atoms with Crippen LogP contribution in [0, 0.1) is 5.82 Å². The molecule has 3 aromatic rings. The van der Waals surface area contributed by atoms with Gasteiger partial charge in [0, 0.05) is 17.3 Å². The summed E-state index contributed by atoms with van der Waals surface area (Å²) in [6, 6.07) is 12.9. The predicted octanol–water partition coefficient (Wildman–Crippen LogP) is 3.45. The van der Waals surface area contributed by atoms with Crippen molar-refractivity contribution in [3.8, 4) is 5.75 Å². The molecular formula is C17H14FNO2. The number of hydrogen-bond donors (Lipinski definition) is 1. The van der Waals surface area contributed by atoms with Gasteiger partial charge in [0.2, 0.25) is 0 Å². The Morgan fingerprint density at radius 3 is 2.76 bits per heavy atom. The molecule has 2 aromatic carbocycles. The molecule has 3 nitrogen and oxygen atoms in total. The van der Waals surface area contributed by atoms with Crippen molar-refractivity contribution in [2.75, 3.05) is 0 Å². The van der Waals surface area contributed by atoms with E-state index in [1.807, 2.05) is 36.4 Å². The van der Waals surface area contributed by atoms with Crippen LogP contribution >= 0.6 is 0 Å². The number of aliphatic hydroxyl groups is 1. The summed E-state index contributed by atoms with van der Waals surface area (Å²) < 4.78 is 18.8. The van der Waals surface area contributed by atoms with Crippen LogP contribution in [0.5, 0.6) is 5.75 Å². The van der Waals surface area contributed by atoms with Gasteiger partial charge in [0.05, 0.1) is 12.8 Å². The van der Waals surface area contributed by atoms with Crippen molar-refractivity contribution in [1.29, 1.82) is 0 Å². The van der Waals surface area contributed by atoms with Gasteiger partial charge in [0.25, 0.3) is 0 Å². The number of benzene rings is 2. The molecule has 1 N–H and O–H groups in total. The van der Waals surface area contributed by atoms with E-state index >= 15 is 0 Å². The molecule has 1 heterocycles. The molecule has 0 radical (unpaired) electrons. The molecule has 1 aromatic heterocycles. The number of aromatic nitrogens is 1. The fourth-order valence-corrected chi connectivity index (χ4v) is 2.31. The Bertz CT molecular complexity index is 774. The molecule has 0 bridgehead atoms. The zero-order valence-electron chi connectivity index (χ0n) is 11.3. The quantitative estimate of drug-likeness (QED) is 0.797. The number of fused-ring (bicyclic) bond motifs is 1. The first-order chi connectivity index (χ1) is 10.3. The molecule has 106 valence electrons. The molecule has 0 fully saturated rings. The summed E-state index contributed by atoms with van der Waals surface area (Å²) in [6.45, 7) is 0.0915. The maximum Gasteiger partial charge on any atom is 0.141 e. The minimum atomic E-state index is -0.392. The fourth-order valence-electron chi connectivity index (χ4n) is 2.31. The van der Waals surface area contributed by atoms with E-state index in [2.05, 4.69) is 4.98 Å². The average molecular weight is 283 g/mol. The lowest BCUT2D eigenvalue weighted by atomic mass is 10.0. The number of pyridine rings is 1. The Labute approximate surface area is 121 Å². The van der Waals surface area contributed by atoms with Crippen LogP contribution in [0.4, 0.5) is 4.39 Å². The molecule has 0 unspecified atom stereocenters. The minimum Gasteiger partial charge on any atom is -0.488 e. The SMILES string of the molecule is OCc1c(OCc2cncc(F)c2)ccc2ccccc12. The summed E-state index contributed by atoms with van der Waals surface area (Å²) in [5.41, 5.74) is 1.38. The van der Waals surface area contributed by atoms with Crippen LogP contribution < -0.4 is 4.74 Å². The maximum atomic E-state index is 13.1. The first-order valence-corrected chi connectivity index (χ1v) is 6.61. The van der Waals surface area contributed by atoms with Gasteiger partial charge in [-0.1, -0.05) is 30.3 Å². The zero-order valence-corrected chi connectivity index (χ0v) is 11.3. The topological polar surface area (TPSA) is 42.4 Å². The van der Waals surface area contributed by atoms with E-state index in [9.17, 15) is 9.50 Å². The van der Waals surface area contributed by atoms with E-state index in [0.29, 0.717) is 11.3 Å². The van der Waals surface area contributed by atoms with Gasteiger partial charge in [-0.25, -0.2) is 4.39 Å². The first kappa shape index (κ1) is 13.5. The minimum absolute atomic E-state index is 0.113. The second-order valence-electron chi connectivity index (χ2n) is 4.72. The molecule has 0 spiro atoms. The van der Waals surface area contributed by atoms with Crippen molar-refractivity contribution < 1.29 is 14.2 Å². The van der Waals surface area contributed by atoms with Crippen molar-refractivity contribution in [2.24, 2.45) is 0 Å². The number of nitrogens with zero attached hydrogens (tertiary/aromatic N) is 1. The molecule has 21 heavy (non-hydrogen) atoms. The normalized spacial score (nSPS) is 10.8. The van der Waals surface area contributed by atoms with Crippen LogP contribution in [0.1, 0.15) is 11.1 Å². The molecule has 0 aliphatic heterocycles. The number of halogens is 1. The van der Waals surface area contributed by atoms with Crippen molar-refractivity contribution in [2.45, 2.75) is 13.2 Å². The molecule has 0 aliphatic rings. The second kappa shape index (κ2) is 5.89. The van der Waals surface area contributed by atoms with Crippen molar-refractivity contribution in [3.63, 3.8) is 0 Å². The van der Waals surface area contributed by atoms with E-state index in [4.69, 9.17) is 4.74 Å². The third kappa shape index (κ3) is 2.85. The molecule has 0 saturated carbocycles. The Balaban J connectivity index is 1.90. The monoisotopic (exact) mass is 283 g/mol. The highest BCUT2D eigenvalue weighted by Crippen LogP contribution is 2.28. The van der Waals surface area contributed by atoms with Crippen molar-refractivity contribution in [1.82, 2.24) is 4.98 Å². The number of hydrogen-bond acceptors (Lipinski definition) is 3. The Hall–Kier alpha value is -2.46. The van der Waals surface area contributed by atoms with Crippen LogP contribution in [-0.2, 0) is 13.2 Å². The Morgan fingerprint density at radius 1 is 1.10 bits per heavy atom. The maximum absolute atomic E-state index is 13.1. The highest BCUT2D eigenvalue weighted by molar-refractivity contribution is 5.87. The van der Waals surface area contributed by atoms with Crippen LogP contribution in [0.2, 0.25) is 0 Å². The second-order valence-corrected chi connectivity index (χ2v) is 4.72. The summed E-state index contributed by atoms with van der Waals surface area (Å²) in [4.78, 5) is 3.78. The van der Waals surface area contributed by atoms with E-state index in [1.165, 1.54) is 6.07 Å². The predicted molar refractivity (Wildman–Crippen MR) is 78.4 cm³/mol. The van der Waals surface area contributed by atoms with Gasteiger partial charge in [-0.2, -0.15) is 0 Å². The fraction of sp³-hybridized carbons (Fsp3) is 0.118. The van der Waals surface area contributed by atoms with Crippen LogP contribution in [0.15, 0.2) is 54.9 Å². The average Bonchev–Trinajstić information content (AvgIpc) is 2.52. The summed E-state index contributed by atoms with van der Waals surface area (Å²) in [7, 11) is 0. The highest BCUT2D eigenvalue weighted by atomic mass is 19.1. The van der Waals surface area contributed by atoms with Gasteiger partial charge >= 0.3 is 0 Å². The van der Waals surface area contributed by atoms with Crippen LogP contribution in [-0.4, -0.2) is 10.1 Å². The third-order valence-electron chi connectivity index (χ3n) is 3.31. The van der Waals surface area contributed by atoms with Crippen molar-refractivity contribution >= 4 is 10.8 Å². The van der Waals surface area contributed by atoms with Gasteiger partial charge < -0.3 is 9.84 Å². The third-order valence-corrected chi connectivity index (χ3v) is 3.31. The first-order valence-electron chi connectivity index (χ1n) is 6.61. The largest absolute Gasteiger partial charge is 0.488 e. The number of ether oxygens (including phenoxy) is 1. The van der Waals surface area contributed by atoms with Gasteiger partial charge in [-0.05, 0) is 22.9 Å². The number of aliphatic hydroxyl groups excluding tert-OH is 1. The molecule has 0 amide bonds. The summed E-state index contributed by atoms with van der Waals surface area (Å²) in [6.07, 6.45) is 2.71. The lowest BCUT2D eigenvalue weighted by Crippen LogP contribution is -2.00. The van der Waals surface area contributed by atoms with Gasteiger partial charge in [0.15, 0.2) is 0 Å². The Morgan fingerprint density at radius 2 is 1.95 bits per heavy atom. The van der Waals surface area contributed by atoms with Gasteiger partial charge in [-0.15, -0.1) is 0 Å². The summed E-state index contributed by atoms with van der Waals surface area (Å²) in [5.74, 6) is 0.206. The molecule has 3 rings (SSSR count). The smallest absolute Gasteiger partial charge is 0.141 e. The standard InChI is InChI=1S/C17H14FNO2/c18-14-7-12(8-19-9-14)11-21-17-6-5-13-3-1-2-4-15(13)16(17)10-20/h1-9,20H,10-11H2. The summed E-state index contributed by atoms with van der Waals surface area (Å²) in [5, 5.41) is 11.6. The van der Waals surface area contributed by atoms with E-state index in [0.717, 1.165) is 22.5 Å². The van der Waals surface area contributed by atoms with Gasteiger partial charge in [-0.3, -0.25) is 4.98 Å². The van der Waals surface area contributed by atoms with Crippen LogP contribution in [0.25, 0.3) is 10.8 Å². The van der Waals surface area contributed by atoms with E-state index < -0.39 is 5.82 Å². The summed E-state index contributed by atoms with van der Waals surface area (Å²) >= 11 is 0. The number of rotatable bonds is 4. The molecule has 4 heteroatoms. The van der Waals surface area contributed by atoms with E-state index in [1.54, 1.807) is 6.20 Å².